The molecule has 0 saturated carbocycles. The molecule has 27 heavy (non-hydrogen) atoms. The number of primary sulfonamides is 1. The molecule has 4 N–H and O–H groups in total. The van der Waals surface area contributed by atoms with Crippen molar-refractivity contribution < 1.29 is 22.7 Å². The van der Waals surface area contributed by atoms with E-state index in [0.29, 0.717) is 22.9 Å². The van der Waals surface area contributed by atoms with Crippen LogP contribution < -0.4 is 10.5 Å². The fourth-order valence-electron chi connectivity index (χ4n) is 2.53. The fraction of sp³-hybridized carbons (Fsp3) is 0.111. The number of carbonyl (C=O) groups is 1. The molecule has 0 unspecified atom stereocenters. The summed E-state index contributed by atoms with van der Waals surface area (Å²) in [5.74, 6) is 0.834. The van der Waals surface area contributed by atoms with Gasteiger partial charge in [0.1, 0.15) is 5.69 Å². The van der Waals surface area contributed by atoms with Gasteiger partial charge in [0.2, 0.25) is 10.0 Å². The first kappa shape index (κ1) is 18.6. The molecule has 1 heterocycles. The molecule has 0 spiro atoms. The van der Waals surface area contributed by atoms with Crippen molar-refractivity contribution in [2.45, 2.75) is 11.3 Å². The van der Waals surface area contributed by atoms with Gasteiger partial charge in [0.25, 0.3) is 0 Å². The van der Waals surface area contributed by atoms with Crippen molar-refractivity contribution in [2.75, 3.05) is 6.54 Å². The summed E-state index contributed by atoms with van der Waals surface area (Å²) in [6, 6.07) is 15.3. The molecule has 0 bridgehead atoms. The molecule has 1 amide bonds. The predicted molar refractivity (Wildman–Crippen MR) is 98.5 cm³/mol. The van der Waals surface area contributed by atoms with Crippen LogP contribution in [0.5, 0.6) is 0 Å². The minimum Gasteiger partial charge on any atom is -0.465 e. The highest BCUT2D eigenvalue weighted by atomic mass is 32.2. The van der Waals surface area contributed by atoms with Crippen LogP contribution in [0.2, 0.25) is 0 Å². The number of carboxylic acid groups (broad SMARTS) is 1. The van der Waals surface area contributed by atoms with Crippen molar-refractivity contribution in [3.8, 4) is 22.6 Å². The van der Waals surface area contributed by atoms with Crippen LogP contribution in [-0.4, -0.2) is 31.1 Å². The van der Waals surface area contributed by atoms with Gasteiger partial charge in [-0.05, 0) is 24.3 Å². The Morgan fingerprint density at radius 1 is 1.07 bits per heavy atom. The molecule has 0 fully saturated rings. The van der Waals surface area contributed by atoms with Crippen LogP contribution in [0.15, 0.2) is 63.9 Å². The van der Waals surface area contributed by atoms with Gasteiger partial charge >= 0.3 is 6.09 Å². The number of sulfonamides is 1. The van der Waals surface area contributed by atoms with Gasteiger partial charge in [-0.15, -0.1) is 0 Å². The van der Waals surface area contributed by atoms with Gasteiger partial charge in [-0.2, -0.15) is 0 Å². The van der Waals surface area contributed by atoms with E-state index in [1.54, 1.807) is 12.1 Å². The number of aromatic nitrogens is 1. The molecule has 0 aliphatic rings. The van der Waals surface area contributed by atoms with E-state index in [2.05, 4.69) is 10.3 Å². The molecule has 0 saturated heterocycles. The van der Waals surface area contributed by atoms with Crippen LogP contribution in [0.25, 0.3) is 22.6 Å². The first-order valence-corrected chi connectivity index (χ1v) is 9.54. The first-order valence-electron chi connectivity index (χ1n) is 8.00. The average Bonchev–Trinajstić information content (AvgIpc) is 3.06. The summed E-state index contributed by atoms with van der Waals surface area (Å²) in [6.45, 7) is 0.161. The third-order valence-electron chi connectivity index (χ3n) is 3.78. The van der Waals surface area contributed by atoms with Crippen LogP contribution >= 0.6 is 0 Å². The lowest BCUT2D eigenvalue weighted by Crippen LogP contribution is -2.23. The lowest BCUT2D eigenvalue weighted by molar-refractivity contribution is 0.194. The zero-order valence-electron chi connectivity index (χ0n) is 14.1. The maximum atomic E-state index is 11.4. The number of hydrogen-bond donors (Lipinski definition) is 3. The topological polar surface area (TPSA) is 136 Å². The van der Waals surface area contributed by atoms with Crippen LogP contribution in [0, 0.1) is 0 Å². The van der Waals surface area contributed by atoms with Crippen LogP contribution in [0.1, 0.15) is 5.89 Å². The Labute approximate surface area is 155 Å². The number of oxazole rings is 1. The first-order chi connectivity index (χ1) is 12.8. The summed E-state index contributed by atoms with van der Waals surface area (Å²) >= 11 is 0. The van der Waals surface area contributed by atoms with Crippen molar-refractivity contribution in [3.05, 3.63) is 60.5 Å². The molecule has 0 radical (unpaired) electrons. The third kappa shape index (κ3) is 4.52. The van der Waals surface area contributed by atoms with Crippen LogP contribution in [0.4, 0.5) is 4.79 Å². The van der Waals surface area contributed by atoms with Gasteiger partial charge in [0.05, 0.1) is 4.90 Å². The molecule has 0 atom stereocenters. The van der Waals surface area contributed by atoms with Gasteiger partial charge in [-0.1, -0.05) is 30.3 Å². The number of rotatable bonds is 6. The van der Waals surface area contributed by atoms with Gasteiger partial charge in [-0.3, -0.25) is 0 Å². The second kappa shape index (κ2) is 7.60. The highest BCUT2D eigenvalue weighted by Crippen LogP contribution is 2.33. The Balaban J connectivity index is 1.99. The molecule has 3 aromatic rings. The Hall–Kier alpha value is -3.17. The molecular weight excluding hydrogens is 370 g/mol. The summed E-state index contributed by atoms with van der Waals surface area (Å²) in [5.41, 5.74) is 2.04. The molecule has 2 aromatic carbocycles. The smallest absolute Gasteiger partial charge is 0.404 e. The quantitative estimate of drug-likeness (QED) is 0.594. The average molecular weight is 387 g/mol. The minimum absolute atomic E-state index is 0.00194. The zero-order chi connectivity index (χ0) is 19.4. The number of nitrogens with one attached hydrogen (secondary N) is 1. The number of nitrogens with zero attached hydrogens (tertiary/aromatic N) is 1. The SMILES string of the molecule is NS(=O)(=O)c1ccc(-c2oc(CCNC(=O)O)nc2-c2ccccc2)cc1. The normalized spacial score (nSPS) is 11.3. The van der Waals surface area contributed by atoms with Crippen LogP contribution in [-0.2, 0) is 16.4 Å². The monoisotopic (exact) mass is 387 g/mol. The standard InChI is InChI=1S/C18H17N3O5S/c19-27(24,25)14-8-6-13(7-9-14)17-16(12-4-2-1-3-5-12)21-15(26-17)10-11-20-18(22)23/h1-9,20H,10-11H2,(H,22,23)(H2,19,24,25). The predicted octanol–water partition coefficient (Wildman–Crippen LogP) is 2.47. The van der Waals surface area contributed by atoms with E-state index in [9.17, 15) is 13.2 Å². The number of hydrogen-bond acceptors (Lipinski definition) is 5. The van der Waals surface area contributed by atoms with E-state index >= 15 is 0 Å². The largest absolute Gasteiger partial charge is 0.465 e. The molecule has 0 aliphatic carbocycles. The zero-order valence-corrected chi connectivity index (χ0v) is 14.9. The molecule has 3 rings (SSSR count). The lowest BCUT2D eigenvalue weighted by Gasteiger charge is -2.03. The Bertz CT molecular complexity index is 1040. The third-order valence-corrected chi connectivity index (χ3v) is 4.71. The molecule has 9 heteroatoms. The van der Waals surface area contributed by atoms with Crippen molar-refractivity contribution >= 4 is 16.1 Å². The maximum absolute atomic E-state index is 11.4. The van der Waals surface area contributed by atoms with Gasteiger partial charge < -0.3 is 14.8 Å². The van der Waals surface area contributed by atoms with Crippen molar-refractivity contribution in [2.24, 2.45) is 5.14 Å². The van der Waals surface area contributed by atoms with E-state index in [0.717, 1.165) is 5.56 Å². The van der Waals surface area contributed by atoms with E-state index in [1.807, 2.05) is 30.3 Å². The molecular formula is C18H17N3O5S. The van der Waals surface area contributed by atoms with E-state index < -0.39 is 16.1 Å². The summed E-state index contributed by atoms with van der Waals surface area (Å²) < 4.78 is 28.7. The van der Waals surface area contributed by atoms with Gasteiger partial charge in [0.15, 0.2) is 11.7 Å². The Morgan fingerprint density at radius 2 is 1.74 bits per heavy atom. The molecule has 140 valence electrons. The van der Waals surface area contributed by atoms with E-state index in [1.165, 1.54) is 12.1 Å². The molecule has 8 nitrogen and oxygen atoms in total. The van der Waals surface area contributed by atoms with E-state index in [-0.39, 0.29) is 17.9 Å². The van der Waals surface area contributed by atoms with E-state index in [4.69, 9.17) is 14.7 Å². The molecule has 0 aliphatic heterocycles. The highest BCUT2D eigenvalue weighted by molar-refractivity contribution is 7.89. The van der Waals surface area contributed by atoms with Crippen molar-refractivity contribution in [1.29, 1.82) is 0 Å². The van der Waals surface area contributed by atoms with Crippen molar-refractivity contribution in [3.63, 3.8) is 0 Å². The second-order valence-corrected chi connectivity index (χ2v) is 7.26. The minimum atomic E-state index is -3.79. The summed E-state index contributed by atoms with van der Waals surface area (Å²) in [7, 11) is -3.79. The molecule has 1 aromatic heterocycles. The summed E-state index contributed by atoms with van der Waals surface area (Å²) in [6.07, 6.45) is -0.842. The van der Waals surface area contributed by atoms with Crippen LogP contribution in [0.3, 0.4) is 0 Å². The summed E-state index contributed by atoms with van der Waals surface area (Å²) in [5, 5.41) is 16.1. The number of amides is 1. The summed E-state index contributed by atoms with van der Waals surface area (Å²) in [4.78, 5) is 15.1. The van der Waals surface area contributed by atoms with Gasteiger partial charge in [-0.25, -0.2) is 23.3 Å². The van der Waals surface area contributed by atoms with Gasteiger partial charge in [0, 0.05) is 24.1 Å². The maximum Gasteiger partial charge on any atom is 0.404 e. The van der Waals surface area contributed by atoms with Crippen molar-refractivity contribution in [1.82, 2.24) is 10.3 Å². The Morgan fingerprint density at radius 3 is 2.33 bits per heavy atom. The second-order valence-electron chi connectivity index (χ2n) is 5.70. The number of benzene rings is 2. The fourth-order valence-corrected chi connectivity index (χ4v) is 3.05. The Kier molecular flexibility index (Phi) is 5.24. The number of nitrogens with two attached hydrogens (primary N) is 1. The highest BCUT2D eigenvalue weighted by Gasteiger charge is 2.18. The lowest BCUT2D eigenvalue weighted by atomic mass is 10.1.